The van der Waals surface area contributed by atoms with E-state index in [9.17, 15) is 14.0 Å². The topological polar surface area (TPSA) is 74.8 Å². The minimum Gasteiger partial charge on any atom is -0.325 e. The maximum atomic E-state index is 13.4. The van der Waals surface area contributed by atoms with Crippen LogP contribution in [0.3, 0.4) is 0 Å². The van der Waals surface area contributed by atoms with Crippen LogP contribution < -0.4 is 10.9 Å². The molecule has 2 heterocycles. The summed E-state index contributed by atoms with van der Waals surface area (Å²) in [6.45, 7) is 1.65. The summed E-state index contributed by atoms with van der Waals surface area (Å²) in [5, 5.41) is 4.78. The largest absolute Gasteiger partial charge is 0.325 e. The van der Waals surface area contributed by atoms with E-state index in [0.717, 1.165) is 11.8 Å². The van der Waals surface area contributed by atoms with Crippen molar-refractivity contribution in [1.82, 2.24) is 9.97 Å². The van der Waals surface area contributed by atoms with Gasteiger partial charge in [-0.15, -0.1) is 11.3 Å². The van der Waals surface area contributed by atoms with Gasteiger partial charge in [0.15, 0.2) is 5.16 Å². The molecule has 2 aromatic heterocycles. The van der Waals surface area contributed by atoms with E-state index in [1.807, 2.05) is 0 Å². The van der Waals surface area contributed by atoms with Crippen LogP contribution in [0.4, 0.5) is 10.1 Å². The summed E-state index contributed by atoms with van der Waals surface area (Å²) in [7, 11) is 0. The Morgan fingerprint density at radius 3 is 3.04 bits per heavy atom. The van der Waals surface area contributed by atoms with E-state index in [0.29, 0.717) is 26.6 Å². The highest BCUT2D eigenvalue weighted by Gasteiger charge is 2.09. The van der Waals surface area contributed by atoms with Crippen molar-refractivity contribution >= 4 is 44.9 Å². The molecule has 5 nitrogen and oxygen atoms in total. The van der Waals surface area contributed by atoms with Crippen LogP contribution in [0.2, 0.25) is 0 Å². The van der Waals surface area contributed by atoms with Crippen molar-refractivity contribution in [3.8, 4) is 0 Å². The van der Waals surface area contributed by atoms with Crippen LogP contribution in [0.1, 0.15) is 5.56 Å². The van der Waals surface area contributed by atoms with E-state index < -0.39 is 0 Å². The lowest BCUT2D eigenvalue weighted by Gasteiger charge is -2.06. The summed E-state index contributed by atoms with van der Waals surface area (Å²) in [4.78, 5) is 30.7. The Morgan fingerprint density at radius 1 is 1.43 bits per heavy atom. The van der Waals surface area contributed by atoms with Gasteiger partial charge in [0.1, 0.15) is 10.5 Å². The summed E-state index contributed by atoms with van der Waals surface area (Å²) < 4.78 is 14.0. The van der Waals surface area contributed by atoms with E-state index >= 15 is 0 Å². The van der Waals surface area contributed by atoms with Gasteiger partial charge in [-0.1, -0.05) is 17.8 Å². The molecule has 8 heteroatoms. The number of hydrogen-bond donors (Lipinski definition) is 2. The molecule has 0 radical (unpaired) electrons. The minimum absolute atomic E-state index is 0.0636. The number of benzene rings is 1. The average Bonchev–Trinajstić information content (AvgIpc) is 2.98. The van der Waals surface area contributed by atoms with Gasteiger partial charge in [-0.05, 0) is 36.1 Å². The Hall–Kier alpha value is -2.19. The monoisotopic (exact) mass is 349 g/mol. The summed E-state index contributed by atoms with van der Waals surface area (Å²) in [6, 6.07) is 6.27. The van der Waals surface area contributed by atoms with Crippen LogP contribution >= 0.6 is 23.1 Å². The van der Waals surface area contributed by atoms with Gasteiger partial charge in [0, 0.05) is 5.69 Å². The Kier molecular flexibility index (Phi) is 4.44. The maximum absolute atomic E-state index is 13.4. The Morgan fingerprint density at radius 2 is 2.26 bits per heavy atom. The van der Waals surface area contributed by atoms with E-state index in [-0.39, 0.29) is 23.0 Å². The number of H-pyrrole nitrogens is 1. The highest BCUT2D eigenvalue weighted by atomic mass is 32.2. The molecule has 0 spiro atoms. The second kappa shape index (κ2) is 6.51. The number of anilines is 1. The number of thiophene rings is 1. The van der Waals surface area contributed by atoms with Gasteiger partial charge in [0.2, 0.25) is 5.91 Å². The van der Waals surface area contributed by atoms with Crippen LogP contribution in [0.25, 0.3) is 10.2 Å². The predicted molar refractivity (Wildman–Crippen MR) is 90.7 cm³/mol. The molecule has 3 aromatic rings. The summed E-state index contributed by atoms with van der Waals surface area (Å²) in [5.41, 5.74) is 1.31. The smallest absolute Gasteiger partial charge is 0.269 e. The number of carbonyl (C=O) groups is 1. The molecule has 0 fully saturated rings. The number of aryl methyl sites for hydroxylation is 1. The van der Waals surface area contributed by atoms with Gasteiger partial charge in [-0.2, -0.15) is 0 Å². The number of hydrogen-bond acceptors (Lipinski definition) is 5. The molecule has 0 aliphatic rings. The van der Waals surface area contributed by atoms with Gasteiger partial charge in [0.25, 0.3) is 5.56 Å². The predicted octanol–water partition coefficient (Wildman–Crippen LogP) is 3.16. The molecule has 0 aliphatic carbocycles. The first-order valence-corrected chi connectivity index (χ1v) is 8.56. The number of halogens is 1. The zero-order valence-electron chi connectivity index (χ0n) is 12.1. The highest BCUT2D eigenvalue weighted by Crippen LogP contribution is 2.19. The van der Waals surface area contributed by atoms with Gasteiger partial charge < -0.3 is 10.3 Å². The minimum atomic E-state index is -0.371. The first-order valence-electron chi connectivity index (χ1n) is 6.69. The molecule has 0 aliphatic heterocycles. The molecule has 118 valence electrons. The second-order valence-corrected chi connectivity index (χ2v) is 6.69. The van der Waals surface area contributed by atoms with Gasteiger partial charge in [-0.25, -0.2) is 9.37 Å². The molecule has 0 atom stereocenters. The molecule has 2 N–H and O–H groups in total. The van der Waals surface area contributed by atoms with Crippen LogP contribution in [-0.4, -0.2) is 21.6 Å². The third-order valence-electron chi connectivity index (χ3n) is 3.09. The van der Waals surface area contributed by atoms with Crippen LogP contribution in [0.5, 0.6) is 0 Å². The van der Waals surface area contributed by atoms with E-state index in [1.54, 1.807) is 30.5 Å². The number of thioether (sulfide) groups is 1. The number of aromatic nitrogens is 2. The van der Waals surface area contributed by atoms with E-state index in [4.69, 9.17) is 0 Å². The van der Waals surface area contributed by atoms with Gasteiger partial charge in [-0.3, -0.25) is 9.59 Å². The first kappa shape index (κ1) is 15.7. The Labute approximate surface area is 139 Å². The highest BCUT2D eigenvalue weighted by molar-refractivity contribution is 7.99. The SMILES string of the molecule is Cc1ccc(NC(=O)CSc2nc3ccsc3c(=O)[nH]2)cc1F. The van der Waals surface area contributed by atoms with Crippen molar-refractivity contribution in [2.75, 3.05) is 11.1 Å². The zero-order valence-corrected chi connectivity index (χ0v) is 13.7. The van der Waals surface area contributed by atoms with Gasteiger partial charge in [0.05, 0.1) is 11.3 Å². The van der Waals surface area contributed by atoms with Crippen molar-refractivity contribution < 1.29 is 9.18 Å². The second-order valence-electron chi connectivity index (χ2n) is 4.81. The molecule has 0 unspecified atom stereocenters. The fourth-order valence-electron chi connectivity index (χ4n) is 1.92. The number of rotatable bonds is 4. The molecular formula is C15H12FN3O2S2. The summed E-state index contributed by atoms with van der Waals surface area (Å²) >= 11 is 2.44. The van der Waals surface area contributed by atoms with Crippen LogP contribution in [0.15, 0.2) is 39.6 Å². The third-order valence-corrected chi connectivity index (χ3v) is 4.86. The number of carbonyl (C=O) groups excluding carboxylic acids is 1. The number of amides is 1. The normalized spacial score (nSPS) is 10.9. The molecule has 3 rings (SSSR count). The van der Waals surface area contributed by atoms with Crippen molar-refractivity contribution in [3.05, 3.63) is 51.4 Å². The standard InChI is InChI=1S/C15H12FN3O2S2/c1-8-2-3-9(6-10(8)16)17-12(20)7-23-15-18-11-4-5-22-13(11)14(21)19-15/h2-6H,7H2,1H3,(H,17,20)(H,18,19,21). The van der Waals surface area contributed by atoms with E-state index in [1.165, 1.54) is 17.4 Å². The number of aromatic amines is 1. The van der Waals surface area contributed by atoms with Crippen LogP contribution in [0, 0.1) is 12.7 Å². The van der Waals surface area contributed by atoms with Crippen molar-refractivity contribution in [2.45, 2.75) is 12.1 Å². The van der Waals surface area contributed by atoms with Crippen molar-refractivity contribution in [2.24, 2.45) is 0 Å². The van der Waals surface area contributed by atoms with Gasteiger partial charge >= 0.3 is 0 Å². The fourth-order valence-corrected chi connectivity index (χ4v) is 3.31. The quantitative estimate of drug-likeness (QED) is 0.560. The molecule has 0 bridgehead atoms. The van der Waals surface area contributed by atoms with Crippen molar-refractivity contribution in [3.63, 3.8) is 0 Å². The van der Waals surface area contributed by atoms with Crippen molar-refractivity contribution in [1.29, 1.82) is 0 Å². The molecular weight excluding hydrogens is 337 g/mol. The fraction of sp³-hybridized carbons (Fsp3) is 0.133. The molecule has 23 heavy (non-hydrogen) atoms. The molecule has 1 aromatic carbocycles. The van der Waals surface area contributed by atoms with E-state index in [2.05, 4.69) is 15.3 Å². The molecule has 0 saturated carbocycles. The lowest BCUT2D eigenvalue weighted by molar-refractivity contribution is -0.113. The zero-order chi connectivity index (χ0) is 16.4. The Balaban J connectivity index is 1.65. The maximum Gasteiger partial charge on any atom is 0.269 e. The number of nitrogens with one attached hydrogen (secondary N) is 2. The third kappa shape index (κ3) is 3.59. The molecule has 1 amide bonds. The summed E-state index contributed by atoms with van der Waals surface area (Å²) in [5.74, 6) is -0.607. The average molecular weight is 349 g/mol. The number of nitrogens with zero attached hydrogens (tertiary/aromatic N) is 1. The first-order chi connectivity index (χ1) is 11.0. The van der Waals surface area contributed by atoms with Crippen LogP contribution in [-0.2, 0) is 4.79 Å². The number of fused-ring (bicyclic) bond motifs is 1. The molecule has 0 saturated heterocycles. The lowest BCUT2D eigenvalue weighted by atomic mass is 10.2. The lowest BCUT2D eigenvalue weighted by Crippen LogP contribution is -2.15. The Bertz CT molecular complexity index is 936. The summed E-state index contributed by atoms with van der Waals surface area (Å²) in [6.07, 6.45) is 0.